The van der Waals surface area contributed by atoms with Gasteiger partial charge in [-0.3, -0.25) is 4.57 Å². The van der Waals surface area contributed by atoms with Crippen molar-refractivity contribution in [3.63, 3.8) is 0 Å². The van der Waals surface area contributed by atoms with E-state index in [0.717, 1.165) is 61.2 Å². The molecule has 4 heteroatoms. The first-order valence-corrected chi connectivity index (χ1v) is 18.5. The molecule has 0 radical (unpaired) electrons. The molecule has 0 saturated heterocycles. The fourth-order valence-electron chi connectivity index (χ4n) is 7.80. The number of hydrogen-bond acceptors (Lipinski definition) is 3. The maximum atomic E-state index is 6.87. The van der Waals surface area contributed by atoms with Gasteiger partial charge < -0.3 is 4.42 Å². The minimum absolute atomic E-state index is 0.260. The predicted octanol–water partition coefficient (Wildman–Crippen LogP) is 13.5. The van der Waals surface area contributed by atoms with Gasteiger partial charge in [-0.2, -0.15) is 0 Å². The van der Waals surface area contributed by atoms with Crippen LogP contribution < -0.4 is 0 Å². The third-order valence-corrected chi connectivity index (χ3v) is 10.6. The van der Waals surface area contributed by atoms with E-state index in [1.165, 1.54) is 39.1 Å². The predicted molar refractivity (Wildman–Crippen MR) is 221 cm³/mol. The SMILES string of the molecule is Cc1ccnc2nc(-c3cccc4c3oc3cc(-c5ccc(-c6ccccc6)cc5)ccc34)n(-c3c(C(C)C)cc(-c4ccccc4)cc3C(C)C)c12. The Morgan fingerprint density at radius 2 is 1.13 bits per heavy atom. The van der Waals surface area contributed by atoms with Crippen molar-refractivity contribution in [3.05, 3.63) is 162 Å². The summed E-state index contributed by atoms with van der Waals surface area (Å²) in [5.41, 5.74) is 16.4. The van der Waals surface area contributed by atoms with Gasteiger partial charge in [0.15, 0.2) is 11.5 Å². The molecular weight excluding hydrogens is 647 g/mol. The Hall–Kier alpha value is -6.26. The summed E-state index contributed by atoms with van der Waals surface area (Å²) in [4.78, 5) is 10.1. The van der Waals surface area contributed by atoms with Crippen LogP contribution in [0.2, 0.25) is 0 Å². The zero-order chi connectivity index (χ0) is 36.2. The van der Waals surface area contributed by atoms with Gasteiger partial charge in [-0.05, 0) is 105 Å². The number of pyridine rings is 1. The summed E-state index contributed by atoms with van der Waals surface area (Å²) in [6.07, 6.45) is 1.86. The molecule has 0 bridgehead atoms. The highest BCUT2D eigenvalue weighted by Crippen LogP contribution is 2.43. The van der Waals surface area contributed by atoms with Crippen LogP contribution in [0.3, 0.4) is 0 Å². The lowest BCUT2D eigenvalue weighted by atomic mass is 9.88. The molecule has 0 N–H and O–H groups in total. The van der Waals surface area contributed by atoms with Crippen LogP contribution >= 0.6 is 0 Å². The van der Waals surface area contributed by atoms with Gasteiger partial charge in [0.05, 0.1) is 16.8 Å². The van der Waals surface area contributed by atoms with Crippen LogP contribution in [0, 0.1) is 6.92 Å². The second-order valence-corrected chi connectivity index (χ2v) is 14.7. The van der Waals surface area contributed by atoms with Gasteiger partial charge in [0.2, 0.25) is 0 Å². The van der Waals surface area contributed by atoms with Crippen molar-refractivity contribution < 1.29 is 4.42 Å². The number of benzene rings is 6. The molecule has 9 rings (SSSR count). The molecule has 0 unspecified atom stereocenters. The average Bonchev–Trinajstić information content (AvgIpc) is 3.77. The zero-order valence-corrected chi connectivity index (χ0v) is 30.8. The second-order valence-electron chi connectivity index (χ2n) is 14.7. The van der Waals surface area contributed by atoms with Crippen molar-refractivity contribution in [3.8, 4) is 50.5 Å². The van der Waals surface area contributed by atoms with E-state index in [4.69, 9.17) is 14.4 Å². The van der Waals surface area contributed by atoms with Crippen molar-refractivity contribution in [1.82, 2.24) is 14.5 Å². The van der Waals surface area contributed by atoms with E-state index < -0.39 is 0 Å². The number of fused-ring (bicyclic) bond motifs is 4. The zero-order valence-electron chi connectivity index (χ0n) is 30.8. The number of para-hydroxylation sites is 1. The van der Waals surface area contributed by atoms with Crippen molar-refractivity contribution in [1.29, 1.82) is 0 Å². The van der Waals surface area contributed by atoms with E-state index in [9.17, 15) is 0 Å². The normalized spacial score (nSPS) is 11.8. The van der Waals surface area contributed by atoms with E-state index in [1.54, 1.807) is 0 Å². The molecule has 3 heterocycles. The van der Waals surface area contributed by atoms with Crippen molar-refractivity contribution in [2.45, 2.75) is 46.5 Å². The first kappa shape index (κ1) is 32.6. The summed E-state index contributed by atoms with van der Waals surface area (Å²) in [5.74, 6) is 1.35. The second kappa shape index (κ2) is 13.1. The average molecular weight is 688 g/mol. The summed E-state index contributed by atoms with van der Waals surface area (Å²) < 4.78 is 9.24. The van der Waals surface area contributed by atoms with Crippen LogP contribution in [0.4, 0.5) is 0 Å². The van der Waals surface area contributed by atoms with Crippen LogP contribution in [-0.4, -0.2) is 14.5 Å². The summed E-state index contributed by atoms with van der Waals surface area (Å²) in [6.45, 7) is 11.3. The van der Waals surface area contributed by atoms with Gasteiger partial charge in [0.1, 0.15) is 11.2 Å². The molecule has 258 valence electrons. The highest BCUT2D eigenvalue weighted by Gasteiger charge is 2.26. The third-order valence-electron chi connectivity index (χ3n) is 10.6. The van der Waals surface area contributed by atoms with Gasteiger partial charge in [0.25, 0.3) is 0 Å². The topological polar surface area (TPSA) is 43.9 Å². The van der Waals surface area contributed by atoms with Crippen LogP contribution in [0.15, 0.2) is 150 Å². The van der Waals surface area contributed by atoms with Gasteiger partial charge >= 0.3 is 0 Å². The number of nitrogens with zero attached hydrogens (tertiary/aromatic N) is 3. The Bertz CT molecular complexity index is 2740. The van der Waals surface area contributed by atoms with E-state index in [2.05, 4.69) is 179 Å². The van der Waals surface area contributed by atoms with Gasteiger partial charge in [-0.25, -0.2) is 9.97 Å². The molecule has 0 saturated carbocycles. The van der Waals surface area contributed by atoms with E-state index in [-0.39, 0.29) is 11.8 Å². The molecule has 0 atom stereocenters. The summed E-state index contributed by atoms with van der Waals surface area (Å²) >= 11 is 0. The molecule has 0 aliphatic carbocycles. The number of aryl methyl sites for hydroxylation is 1. The number of aromatic nitrogens is 3. The van der Waals surface area contributed by atoms with Crippen LogP contribution in [0.1, 0.15) is 56.2 Å². The van der Waals surface area contributed by atoms with Crippen molar-refractivity contribution in [2.24, 2.45) is 0 Å². The fraction of sp³-hybridized carbons (Fsp3) is 0.143. The first-order chi connectivity index (χ1) is 25.9. The Balaban J connectivity index is 1.25. The largest absolute Gasteiger partial charge is 0.455 e. The minimum atomic E-state index is 0.260. The molecule has 0 aliphatic rings. The van der Waals surface area contributed by atoms with E-state index in [0.29, 0.717) is 0 Å². The third kappa shape index (κ3) is 5.62. The highest BCUT2D eigenvalue weighted by atomic mass is 16.3. The van der Waals surface area contributed by atoms with Gasteiger partial charge in [-0.15, -0.1) is 0 Å². The van der Waals surface area contributed by atoms with Crippen LogP contribution in [-0.2, 0) is 0 Å². The quantitative estimate of drug-likeness (QED) is 0.167. The highest BCUT2D eigenvalue weighted by molar-refractivity contribution is 6.10. The number of imidazole rings is 1. The lowest BCUT2D eigenvalue weighted by molar-refractivity contribution is 0.669. The first-order valence-electron chi connectivity index (χ1n) is 18.5. The molecule has 53 heavy (non-hydrogen) atoms. The van der Waals surface area contributed by atoms with Crippen molar-refractivity contribution in [2.75, 3.05) is 0 Å². The molecule has 3 aromatic heterocycles. The van der Waals surface area contributed by atoms with Gasteiger partial charge in [-0.1, -0.05) is 131 Å². The Labute approximate surface area is 310 Å². The molecule has 0 fully saturated rings. The smallest absolute Gasteiger partial charge is 0.178 e. The monoisotopic (exact) mass is 687 g/mol. The molecule has 4 nitrogen and oxygen atoms in total. The molecule has 6 aromatic carbocycles. The molecule has 9 aromatic rings. The lowest BCUT2D eigenvalue weighted by Crippen LogP contribution is -2.10. The van der Waals surface area contributed by atoms with E-state index in [1.807, 2.05) is 6.20 Å². The summed E-state index contributed by atoms with van der Waals surface area (Å²) in [7, 11) is 0. The molecule has 0 spiro atoms. The lowest BCUT2D eigenvalue weighted by Gasteiger charge is -2.24. The van der Waals surface area contributed by atoms with Crippen LogP contribution in [0.5, 0.6) is 0 Å². The maximum absolute atomic E-state index is 6.87. The Morgan fingerprint density at radius 1 is 0.547 bits per heavy atom. The van der Waals surface area contributed by atoms with Gasteiger partial charge in [0, 0.05) is 17.0 Å². The van der Waals surface area contributed by atoms with E-state index >= 15 is 0 Å². The number of hydrogen-bond donors (Lipinski definition) is 0. The maximum Gasteiger partial charge on any atom is 0.178 e. The number of furan rings is 1. The summed E-state index contributed by atoms with van der Waals surface area (Å²) in [6, 6.07) is 49.8. The minimum Gasteiger partial charge on any atom is -0.455 e. The van der Waals surface area contributed by atoms with Crippen LogP contribution in [0.25, 0.3) is 83.6 Å². The number of rotatable bonds is 7. The Kier molecular flexibility index (Phi) is 8.04. The summed E-state index contributed by atoms with van der Waals surface area (Å²) in [5, 5.41) is 2.15. The Morgan fingerprint density at radius 3 is 1.77 bits per heavy atom. The molecular formula is C49H41N3O. The molecule has 0 aliphatic heterocycles. The van der Waals surface area contributed by atoms with Crippen molar-refractivity contribution >= 4 is 33.1 Å². The fourth-order valence-corrected chi connectivity index (χ4v) is 7.80. The standard InChI is InChI=1S/C49H41N3O/c1-30(2)42-27-38(34-15-10-7-11-16-34)28-43(31(3)4)46(42)52-45-32(5)25-26-50-48(45)51-49(52)41-18-12-17-40-39-24-23-37(29-44(39)53-47(40)41)36-21-19-35(20-22-36)33-13-8-6-9-14-33/h6-31H,1-5H3. The molecule has 0 amide bonds.